The maximum absolute atomic E-state index is 12.4. The third kappa shape index (κ3) is 4.91. The van der Waals surface area contributed by atoms with E-state index in [1.807, 2.05) is 62.5 Å². The van der Waals surface area contributed by atoms with Crippen molar-refractivity contribution in [3.8, 4) is 11.1 Å². The highest BCUT2D eigenvalue weighted by molar-refractivity contribution is 6.00. The van der Waals surface area contributed by atoms with Crippen LogP contribution in [0.2, 0.25) is 0 Å². The summed E-state index contributed by atoms with van der Waals surface area (Å²) in [5.41, 5.74) is 4.92. The van der Waals surface area contributed by atoms with Gasteiger partial charge in [-0.2, -0.15) is 0 Å². The van der Waals surface area contributed by atoms with Crippen LogP contribution in [-0.4, -0.2) is 27.1 Å². The standard InChI is InChI=1S/C24H25N5O2/c1-15(2)27-23(30)17-4-3-5-19(14-17)29-24(31)28-18-8-6-16(7-9-18)20-10-12-25-22-21(20)11-13-26-22/h3-15,23,27,30H,1-2H3,(H,25,26)(H2,28,29,31). The predicted molar refractivity (Wildman–Crippen MR) is 124 cm³/mol. The van der Waals surface area contributed by atoms with E-state index in [-0.39, 0.29) is 12.1 Å². The number of carbonyl (C=O) groups is 1. The Balaban J connectivity index is 1.42. The first-order valence-electron chi connectivity index (χ1n) is 10.1. The molecule has 1 atom stereocenters. The lowest BCUT2D eigenvalue weighted by atomic mass is 10.0. The lowest BCUT2D eigenvalue weighted by Gasteiger charge is -2.17. The highest BCUT2D eigenvalue weighted by Gasteiger charge is 2.10. The van der Waals surface area contributed by atoms with E-state index in [1.54, 1.807) is 24.4 Å². The summed E-state index contributed by atoms with van der Waals surface area (Å²) in [4.78, 5) is 19.9. The van der Waals surface area contributed by atoms with E-state index in [2.05, 4.69) is 25.9 Å². The van der Waals surface area contributed by atoms with Gasteiger partial charge in [-0.3, -0.25) is 5.32 Å². The molecule has 2 amide bonds. The summed E-state index contributed by atoms with van der Waals surface area (Å²) in [5.74, 6) is 0. The van der Waals surface area contributed by atoms with Crippen LogP contribution in [0.1, 0.15) is 25.6 Å². The summed E-state index contributed by atoms with van der Waals surface area (Å²) in [6, 6.07) is 18.5. The second-order valence-electron chi connectivity index (χ2n) is 7.60. The maximum Gasteiger partial charge on any atom is 0.323 e. The Morgan fingerprint density at radius 2 is 1.77 bits per heavy atom. The fourth-order valence-corrected chi connectivity index (χ4v) is 3.44. The van der Waals surface area contributed by atoms with Crippen molar-refractivity contribution in [2.75, 3.05) is 10.6 Å². The van der Waals surface area contributed by atoms with E-state index in [0.29, 0.717) is 16.9 Å². The van der Waals surface area contributed by atoms with E-state index >= 15 is 0 Å². The third-order valence-corrected chi connectivity index (χ3v) is 4.87. The molecule has 2 heterocycles. The number of hydrogen-bond acceptors (Lipinski definition) is 4. The van der Waals surface area contributed by atoms with Gasteiger partial charge < -0.3 is 20.7 Å². The quantitative estimate of drug-likeness (QED) is 0.290. The van der Waals surface area contributed by atoms with Gasteiger partial charge in [0.05, 0.1) is 0 Å². The van der Waals surface area contributed by atoms with Crippen LogP contribution in [0.5, 0.6) is 0 Å². The van der Waals surface area contributed by atoms with Gasteiger partial charge in [0.2, 0.25) is 0 Å². The fraction of sp³-hybridized carbons (Fsp3) is 0.167. The molecule has 0 aliphatic carbocycles. The highest BCUT2D eigenvalue weighted by Crippen LogP contribution is 2.28. The molecule has 0 bridgehead atoms. The Morgan fingerprint density at radius 1 is 1.00 bits per heavy atom. The Labute approximate surface area is 180 Å². The second kappa shape index (κ2) is 8.99. The van der Waals surface area contributed by atoms with Crippen molar-refractivity contribution in [1.82, 2.24) is 15.3 Å². The number of rotatable bonds is 6. The number of benzene rings is 2. The van der Waals surface area contributed by atoms with Crippen LogP contribution in [0.15, 0.2) is 73.1 Å². The zero-order valence-electron chi connectivity index (χ0n) is 17.4. The number of nitrogens with zero attached hydrogens (tertiary/aromatic N) is 1. The number of aliphatic hydroxyl groups excluding tert-OH is 1. The van der Waals surface area contributed by atoms with Gasteiger partial charge in [0, 0.05) is 35.2 Å². The molecule has 158 valence electrons. The summed E-state index contributed by atoms with van der Waals surface area (Å²) < 4.78 is 0. The number of carbonyl (C=O) groups excluding carboxylic acids is 1. The lowest BCUT2D eigenvalue weighted by Crippen LogP contribution is -2.28. The monoisotopic (exact) mass is 415 g/mol. The largest absolute Gasteiger partial charge is 0.374 e. The summed E-state index contributed by atoms with van der Waals surface area (Å²) in [5, 5.41) is 19.9. The molecule has 0 saturated carbocycles. The number of aromatic amines is 1. The molecule has 31 heavy (non-hydrogen) atoms. The predicted octanol–water partition coefficient (Wildman–Crippen LogP) is 4.86. The summed E-state index contributed by atoms with van der Waals surface area (Å²) in [6.45, 7) is 3.92. The Bertz CT molecular complexity index is 1180. The van der Waals surface area contributed by atoms with Crippen molar-refractivity contribution in [3.05, 3.63) is 78.6 Å². The number of fused-ring (bicyclic) bond motifs is 1. The van der Waals surface area contributed by atoms with Crippen LogP contribution in [-0.2, 0) is 0 Å². The number of anilines is 2. The fourth-order valence-electron chi connectivity index (χ4n) is 3.44. The van der Waals surface area contributed by atoms with Gasteiger partial charge in [-0.25, -0.2) is 9.78 Å². The molecule has 5 N–H and O–H groups in total. The number of hydrogen-bond donors (Lipinski definition) is 5. The Hall–Kier alpha value is -3.68. The van der Waals surface area contributed by atoms with Gasteiger partial charge in [0.25, 0.3) is 0 Å². The molecule has 7 nitrogen and oxygen atoms in total. The average Bonchev–Trinajstić information content (AvgIpc) is 3.23. The van der Waals surface area contributed by atoms with E-state index < -0.39 is 6.23 Å². The summed E-state index contributed by atoms with van der Waals surface area (Å²) in [7, 11) is 0. The molecule has 2 aromatic heterocycles. The average molecular weight is 415 g/mol. The lowest BCUT2D eigenvalue weighted by molar-refractivity contribution is 0.129. The number of amides is 2. The topological polar surface area (TPSA) is 102 Å². The van der Waals surface area contributed by atoms with Gasteiger partial charge >= 0.3 is 6.03 Å². The van der Waals surface area contributed by atoms with E-state index in [0.717, 1.165) is 22.2 Å². The number of urea groups is 1. The van der Waals surface area contributed by atoms with Crippen molar-refractivity contribution in [1.29, 1.82) is 0 Å². The number of aliphatic hydroxyl groups is 1. The third-order valence-electron chi connectivity index (χ3n) is 4.87. The molecule has 0 radical (unpaired) electrons. The smallest absolute Gasteiger partial charge is 0.323 e. The summed E-state index contributed by atoms with van der Waals surface area (Å²) in [6.07, 6.45) is 2.85. The Kier molecular flexibility index (Phi) is 5.97. The number of H-pyrrole nitrogens is 1. The van der Waals surface area contributed by atoms with Crippen LogP contribution in [0.3, 0.4) is 0 Å². The molecule has 4 aromatic rings. The van der Waals surface area contributed by atoms with Gasteiger partial charge in [-0.15, -0.1) is 0 Å². The molecule has 0 spiro atoms. The number of pyridine rings is 1. The molecular formula is C24H25N5O2. The molecular weight excluding hydrogens is 390 g/mol. The van der Waals surface area contributed by atoms with Crippen LogP contribution < -0.4 is 16.0 Å². The first-order chi connectivity index (χ1) is 15.0. The second-order valence-corrected chi connectivity index (χ2v) is 7.60. The SMILES string of the molecule is CC(C)NC(O)c1cccc(NC(=O)Nc2ccc(-c3ccnc4[nH]ccc34)cc2)c1. The molecule has 2 aromatic carbocycles. The molecule has 7 heteroatoms. The number of aromatic nitrogens is 2. The zero-order valence-corrected chi connectivity index (χ0v) is 17.4. The minimum absolute atomic E-state index is 0.137. The van der Waals surface area contributed by atoms with Gasteiger partial charge in [0.1, 0.15) is 11.9 Å². The van der Waals surface area contributed by atoms with Gasteiger partial charge in [-0.1, -0.05) is 24.3 Å². The minimum atomic E-state index is -0.794. The maximum atomic E-state index is 12.4. The van der Waals surface area contributed by atoms with Crippen LogP contribution in [0.4, 0.5) is 16.2 Å². The number of nitrogens with one attached hydrogen (secondary N) is 4. The van der Waals surface area contributed by atoms with E-state index in [1.165, 1.54) is 0 Å². The van der Waals surface area contributed by atoms with Crippen LogP contribution in [0.25, 0.3) is 22.2 Å². The van der Waals surface area contributed by atoms with Crippen molar-refractivity contribution >= 4 is 28.4 Å². The van der Waals surface area contributed by atoms with Crippen molar-refractivity contribution in [3.63, 3.8) is 0 Å². The minimum Gasteiger partial charge on any atom is -0.374 e. The molecule has 0 fully saturated rings. The first-order valence-corrected chi connectivity index (χ1v) is 10.1. The molecule has 0 aliphatic rings. The van der Waals surface area contributed by atoms with E-state index in [9.17, 15) is 9.90 Å². The highest BCUT2D eigenvalue weighted by atomic mass is 16.3. The van der Waals surface area contributed by atoms with Crippen molar-refractivity contribution < 1.29 is 9.90 Å². The summed E-state index contributed by atoms with van der Waals surface area (Å²) >= 11 is 0. The van der Waals surface area contributed by atoms with Crippen molar-refractivity contribution in [2.45, 2.75) is 26.1 Å². The van der Waals surface area contributed by atoms with Gasteiger partial charge in [0.15, 0.2) is 0 Å². The molecule has 4 rings (SSSR count). The first kappa shape index (κ1) is 20.6. The molecule has 1 unspecified atom stereocenters. The van der Waals surface area contributed by atoms with Gasteiger partial charge in [-0.05, 0) is 66.9 Å². The van der Waals surface area contributed by atoms with Crippen LogP contribution in [0, 0.1) is 0 Å². The van der Waals surface area contributed by atoms with E-state index in [4.69, 9.17) is 0 Å². The normalized spacial score (nSPS) is 12.1. The molecule has 0 aliphatic heterocycles. The zero-order chi connectivity index (χ0) is 21.8. The van der Waals surface area contributed by atoms with Crippen molar-refractivity contribution in [2.24, 2.45) is 0 Å². The molecule has 0 saturated heterocycles. The van der Waals surface area contributed by atoms with Crippen LogP contribution >= 0.6 is 0 Å². The Morgan fingerprint density at radius 3 is 2.55 bits per heavy atom.